The fraction of sp³-hybridized carbons (Fsp3) is 0.333. The molecule has 0 bridgehead atoms. The molecule has 0 saturated heterocycles. The molecule has 0 spiro atoms. The highest BCUT2D eigenvalue weighted by Gasteiger charge is 2.29. The molecule has 8 heteroatoms. The van der Waals surface area contributed by atoms with Crippen LogP contribution in [-0.2, 0) is 23.8 Å². The van der Waals surface area contributed by atoms with Crippen LogP contribution in [-0.4, -0.2) is 35.5 Å². The van der Waals surface area contributed by atoms with Gasteiger partial charge in [-0.1, -0.05) is 105 Å². The monoisotopic (exact) mass is 609 g/mol. The fourth-order valence-electron chi connectivity index (χ4n) is 3.83. The van der Waals surface area contributed by atoms with Gasteiger partial charge in [0.15, 0.2) is 0 Å². The maximum atomic E-state index is 12.3. The molecule has 1 amide bonds. The summed E-state index contributed by atoms with van der Waals surface area (Å²) in [4.78, 5) is 16.9. The minimum absolute atomic E-state index is 0.337. The van der Waals surface area contributed by atoms with E-state index >= 15 is 0 Å². The quantitative estimate of drug-likeness (QED) is 0.0739. The van der Waals surface area contributed by atoms with E-state index in [1.165, 1.54) is 24.2 Å². The van der Waals surface area contributed by atoms with E-state index < -0.39 is 17.6 Å². The number of nitrogens with zero attached hydrogens (tertiary/aromatic N) is 2. The molecule has 238 valence electrons. The van der Waals surface area contributed by atoms with Crippen molar-refractivity contribution in [1.29, 1.82) is 0 Å². The lowest BCUT2D eigenvalue weighted by Crippen LogP contribution is -2.27. The highest BCUT2D eigenvalue weighted by molar-refractivity contribution is 5.97. The van der Waals surface area contributed by atoms with E-state index in [0.717, 1.165) is 49.9 Å². The van der Waals surface area contributed by atoms with E-state index in [-0.39, 0.29) is 0 Å². The van der Waals surface area contributed by atoms with Crippen LogP contribution in [0.3, 0.4) is 0 Å². The zero-order chi connectivity index (χ0) is 33.0. The molecule has 0 unspecified atom stereocenters. The van der Waals surface area contributed by atoms with E-state index in [2.05, 4.69) is 61.1 Å². The molecule has 0 aromatic heterocycles. The number of halogens is 3. The molecule has 0 atom stereocenters. The fourth-order valence-corrected chi connectivity index (χ4v) is 3.83. The Balaban J connectivity index is 0.000000733. The number of benzene rings is 2. The van der Waals surface area contributed by atoms with Gasteiger partial charge in [0.1, 0.15) is 5.82 Å². The van der Waals surface area contributed by atoms with Crippen molar-refractivity contribution in [2.45, 2.75) is 66.0 Å². The molecule has 2 aromatic rings. The molecular weight excluding hydrogens is 563 g/mol. The Labute approximate surface area is 260 Å². The summed E-state index contributed by atoms with van der Waals surface area (Å²) in [5, 5.41) is 13.3. The summed E-state index contributed by atoms with van der Waals surface area (Å²) in [6.07, 6.45) is 14.0. The first-order valence-electron chi connectivity index (χ1n) is 14.7. The summed E-state index contributed by atoms with van der Waals surface area (Å²) in [6.45, 7) is 11.9. The van der Waals surface area contributed by atoms with Crippen molar-refractivity contribution in [3.63, 3.8) is 0 Å². The van der Waals surface area contributed by atoms with Gasteiger partial charge in [0, 0.05) is 19.3 Å². The molecule has 2 N–H and O–H groups in total. The van der Waals surface area contributed by atoms with Gasteiger partial charge in [0.25, 0.3) is 5.91 Å². The van der Waals surface area contributed by atoms with Crippen LogP contribution in [0.1, 0.15) is 62.3 Å². The van der Waals surface area contributed by atoms with Gasteiger partial charge in [-0.25, -0.2) is 10.1 Å². The van der Waals surface area contributed by atoms with Crippen LogP contribution in [0, 0.1) is 6.92 Å². The van der Waals surface area contributed by atoms with Crippen LogP contribution in [0.15, 0.2) is 114 Å². The van der Waals surface area contributed by atoms with Crippen molar-refractivity contribution in [2.75, 3.05) is 13.6 Å². The molecule has 0 aliphatic heterocycles. The lowest BCUT2D eigenvalue weighted by atomic mass is 10.0. The van der Waals surface area contributed by atoms with Crippen molar-refractivity contribution in [2.24, 2.45) is 4.99 Å². The van der Waals surface area contributed by atoms with Crippen LogP contribution in [0.25, 0.3) is 0 Å². The molecule has 44 heavy (non-hydrogen) atoms. The third kappa shape index (κ3) is 15.3. The Kier molecular flexibility index (Phi) is 17.8. The predicted octanol–water partition coefficient (Wildman–Crippen LogP) is 8.96. The number of nitrogens with one attached hydrogen (secondary N) is 1. The number of rotatable bonds is 14. The maximum absolute atomic E-state index is 12.3. The SMILES string of the molecule is C=C/C(CCCc1ccc(CC)cc1)=N/C(NC/C=C/C=C\C=C\CC)=C(\C)C(=O)N(C)O.Cc1cccc(C(F)(F)F)c1. The van der Waals surface area contributed by atoms with Crippen molar-refractivity contribution in [3.8, 4) is 0 Å². The van der Waals surface area contributed by atoms with Crippen LogP contribution in [0.2, 0.25) is 0 Å². The molecule has 2 rings (SSSR count). The van der Waals surface area contributed by atoms with Gasteiger partial charge in [-0.05, 0) is 69.2 Å². The van der Waals surface area contributed by atoms with E-state index in [1.54, 1.807) is 26.0 Å². The number of hydrogen-bond donors (Lipinski definition) is 2. The normalized spacial score (nSPS) is 12.7. The highest BCUT2D eigenvalue weighted by Crippen LogP contribution is 2.29. The van der Waals surface area contributed by atoms with Gasteiger partial charge < -0.3 is 5.32 Å². The Hall–Kier alpha value is -4.17. The molecular formula is C36H46F3N3O2. The van der Waals surface area contributed by atoms with Gasteiger partial charge in [0.2, 0.25) is 0 Å². The number of carbonyl (C=O) groups is 1. The minimum Gasteiger partial charge on any atom is -0.366 e. The Morgan fingerprint density at radius 3 is 2.18 bits per heavy atom. The summed E-state index contributed by atoms with van der Waals surface area (Å²) in [7, 11) is 1.31. The first-order chi connectivity index (χ1) is 20.9. The average Bonchev–Trinajstić information content (AvgIpc) is 3.00. The summed E-state index contributed by atoms with van der Waals surface area (Å²) < 4.78 is 35.9. The zero-order valence-corrected chi connectivity index (χ0v) is 26.5. The van der Waals surface area contributed by atoms with Crippen LogP contribution in [0.4, 0.5) is 13.2 Å². The second kappa shape index (κ2) is 20.7. The number of hydrogen-bond acceptors (Lipinski definition) is 4. The van der Waals surface area contributed by atoms with Gasteiger partial charge in [-0.15, -0.1) is 0 Å². The average molecular weight is 610 g/mol. The van der Waals surface area contributed by atoms with Crippen LogP contribution >= 0.6 is 0 Å². The largest absolute Gasteiger partial charge is 0.416 e. The second-order valence-corrected chi connectivity index (χ2v) is 10.0. The molecule has 0 saturated carbocycles. The van der Waals surface area contributed by atoms with Gasteiger partial charge >= 0.3 is 6.18 Å². The first kappa shape index (κ1) is 37.9. The Morgan fingerprint density at radius 2 is 1.66 bits per heavy atom. The van der Waals surface area contributed by atoms with Crippen molar-refractivity contribution >= 4 is 11.6 Å². The summed E-state index contributed by atoms with van der Waals surface area (Å²) in [6, 6.07) is 13.9. The smallest absolute Gasteiger partial charge is 0.366 e. The van der Waals surface area contributed by atoms with E-state index in [9.17, 15) is 23.2 Å². The lowest BCUT2D eigenvalue weighted by Gasteiger charge is -2.13. The molecule has 2 aromatic carbocycles. The zero-order valence-electron chi connectivity index (χ0n) is 26.5. The maximum Gasteiger partial charge on any atom is 0.416 e. The molecule has 0 aliphatic rings. The molecule has 0 radical (unpaired) electrons. The lowest BCUT2D eigenvalue weighted by molar-refractivity contribution is -0.154. The number of alkyl halides is 3. The van der Waals surface area contributed by atoms with E-state index in [1.807, 2.05) is 30.4 Å². The number of allylic oxidation sites excluding steroid dienone is 6. The number of carbonyl (C=O) groups excluding carboxylic acids is 1. The Bertz CT molecular complexity index is 1320. The molecule has 0 heterocycles. The van der Waals surface area contributed by atoms with Gasteiger partial charge in [0.05, 0.1) is 11.1 Å². The predicted molar refractivity (Wildman–Crippen MR) is 176 cm³/mol. The van der Waals surface area contributed by atoms with E-state index in [4.69, 9.17) is 0 Å². The topological polar surface area (TPSA) is 64.9 Å². The molecule has 5 nitrogen and oxygen atoms in total. The number of aryl methyl sites for hydroxylation is 3. The second-order valence-electron chi connectivity index (χ2n) is 10.0. The first-order valence-corrected chi connectivity index (χ1v) is 14.7. The summed E-state index contributed by atoms with van der Waals surface area (Å²) in [5.74, 6) is -0.0724. The Morgan fingerprint density at radius 1 is 1.02 bits per heavy atom. The van der Waals surface area contributed by atoms with Crippen LogP contribution in [0.5, 0.6) is 0 Å². The minimum atomic E-state index is -4.22. The van der Waals surface area contributed by atoms with Crippen molar-refractivity contribution in [1.82, 2.24) is 10.4 Å². The molecule has 0 fully saturated rings. The van der Waals surface area contributed by atoms with E-state index in [0.29, 0.717) is 28.6 Å². The summed E-state index contributed by atoms with van der Waals surface area (Å²) >= 11 is 0. The van der Waals surface area contributed by atoms with Crippen molar-refractivity contribution < 1.29 is 23.2 Å². The number of likely N-dealkylation sites (N-methyl/N-ethyl adjacent to an activating group) is 1. The standard InChI is InChI=1S/C28H39N3O2.C8H7F3/c1-6-9-10-11-12-13-14-22-29-27(23(4)28(32)31(5)33)30-26(8-3)17-15-16-25-20-18-24(7-2)19-21-25;1-6-3-2-4-7(5-6)8(9,10)11/h8-14,18-21,29,33H,3,6-7,15-17,22H2,1-2,4-5H3;2-5H,1H3/b10-9+,12-11-,14-13+,27-23+,30-26-;. The van der Waals surface area contributed by atoms with Crippen LogP contribution < -0.4 is 5.32 Å². The van der Waals surface area contributed by atoms with Gasteiger partial charge in [-0.3, -0.25) is 10.0 Å². The number of hydroxylamine groups is 2. The third-order valence-electron chi connectivity index (χ3n) is 6.36. The highest BCUT2D eigenvalue weighted by atomic mass is 19.4. The van der Waals surface area contributed by atoms with Crippen molar-refractivity contribution in [3.05, 3.63) is 131 Å². The van der Waals surface area contributed by atoms with Gasteiger partial charge in [-0.2, -0.15) is 13.2 Å². The number of amides is 1. The third-order valence-corrected chi connectivity index (χ3v) is 6.36. The molecule has 0 aliphatic carbocycles. The summed E-state index contributed by atoms with van der Waals surface area (Å²) in [5.41, 5.74) is 3.80. The number of aliphatic imine (C=N–C) groups is 1.